The van der Waals surface area contributed by atoms with Gasteiger partial charge in [0.25, 0.3) is 5.56 Å². The molecule has 9 heteroatoms. The molecular weight excluding hydrogens is 467 g/mol. The molecule has 0 radical (unpaired) electrons. The highest BCUT2D eigenvalue weighted by atomic mass is 35.5. The molecule has 0 aliphatic carbocycles. The van der Waals surface area contributed by atoms with Gasteiger partial charge in [0.05, 0.1) is 27.7 Å². The number of halogens is 3. The van der Waals surface area contributed by atoms with Crippen molar-refractivity contribution in [3.8, 4) is 5.69 Å². The molecule has 5 nitrogen and oxygen atoms in total. The van der Waals surface area contributed by atoms with Crippen LogP contribution >= 0.6 is 46.1 Å². The second-order valence-electron chi connectivity index (χ2n) is 6.62. The highest BCUT2D eigenvalue weighted by Crippen LogP contribution is 2.25. The summed E-state index contributed by atoms with van der Waals surface area (Å²) in [7, 11) is 0. The number of carbonyl (C=O) groups is 1. The Morgan fingerprint density at radius 3 is 2.47 bits per heavy atom. The zero-order valence-corrected chi connectivity index (χ0v) is 18.6. The molecule has 30 heavy (non-hydrogen) atoms. The molecule has 0 amide bonds. The van der Waals surface area contributed by atoms with Crippen molar-refractivity contribution >= 4 is 62.1 Å². The quantitative estimate of drug-likeness (QED) is 0.370. The summed E-state index contributed by atoms with van der Waals surface area (Å²) in [4.78, 5) is 40.6. The number of benzene rings is 2. The third-order valence-corrected chi connectivity index (χ3v) is 6.59. The van der Waals surface area contributed by atoms with Crippen molar-refractivity contribution in [2.45, 2.75) is 13.5 Å². The molecule has 0 saturated carbocycles. The van der Waals surface area contributed by atoms with Gasteiger partial charge < -0.3 is 0 Å². The molecule has 0 aliphatic heterocycles. The number of ketones is 1. The number of Topliss-reactive ketones (excluding diaryl/α,β-unsaturated/α-hetero) is 1. The second-order valence-corrected chi connectivity index (χ2v) is 9.10. The molecule has 0 saturated heterocycles. The van der Waals surface area contributed by atoms with Crippen LogP contribution in [0.2, 0.25) is 15.1 Å². The summed E-state index contributed by atoms with van der Waals surface area (Å²) in [6, 6.07) is 12.7. The second kappa shape index (κ2) is 8.04. The normalized spacial score (nSPS) is 11.2. The van der Waals surface area contributed by atoms with Crippen LogP contribution in [0.4, 0.5) is 0 Å². The summed E-state index contributed by atoms with van der Waals surface area (Å²) in [6.07, 6.45) is 0. The number of carbonyl (C=O) groups excluding carboxylic acids is 1. The Labute approximate surface area is 189 Å². The zero-order chi connectivity index (χ0) is 21.6. The van der Waals surface area contributed by atoms with Crippen molar-refractivity contribution < 1.29 is 4.79 Å². The van der Waals surface area contributed by atoms with Gasteiger partial charge in [0.1, 0.15) is 4.83 Å². The molecule has 0 spiro atoms. The molecule has 152 valence electrons. The smallest absolute Gasteiger partial charge is 0.292 e. The first-order chi connectivity index (χ1) is 14.3. The summed E-state index contributed by atoms with van der Waals surface area (Å²) in [6.45, 7) is 1.58. The van der Waals surface area contributed by atoms with Crippen LogP contribution in [0.1, 0.15) is 15.2 Å². The topological polar surface area (TPSA) is 61.1 Å². The van der Waals surface area contributed by atoms with Crippen LogP contribution in [0.25, 0.3) is 15.9 Å². The first-order valence-electron chi connectivity index (χ1n) is 8.76. The van der Waals surface area contributed by atoms with Gasteiger partial charge in [-0.15, -0.1) is 11.3 Å². The lowest BCUT2D eigenvalue weighted by atomic mass is 10.1. The van der Waals surface area contributed by atoms with Gasteiger partial charge in [-0.1, -0.05) is 40.9 Å². The van der Waals surface area contributed by atoms with E-state index in [0.29, 0.717) is 31.5 Å². The van der Waals surface area contributed by atoms with E-state index in [4.69, 9.17) is 34.8 Å². The first-order valence-corrected chi connectivity index (χ1v) is 10.7. The standard InChI is InChI=1S/C21H13Cl3N2O3S/c1-11-7-15-19(28)26(14-4-2-3-13(22)9-14)21(29)25(20(15)30-11)10-18(27)12-5-6-16(23)17(24)8-12/h2-9H,10H2,1H3. The molecule has 2 aromatic carbocycles. The van der Waals surface area contributed by atoms with E-state index < -0.39 is 11.2 Å². The molecule has 2 aromatic heterocycles. The Bertz CT molecular complexity index is 1440. The lowest BCUT2D eigenvalue weighted by Gasteiger charge is -2.12. The highest BCUT2D eigenvalue weighted by Gasteiger charge is 2.19. The number of hydrogen-bond acceptors (Lipinski definition) is 4. The van der Waals surface area contributed by atoms with E-state index >= 15 is 0 Å². The van der Waals surface area contributed by atoms with E-state index in [1.165, 1.54) is 34.1 Å². The lowest BCUT2D eigenvalue weighted by Crippen LogP contribution is -2.39. The number of aryl methyl sites for hydroxylation is 1. The summed E-state index contributed by atoms with van der Waals surface area (Å²) in [5.74, 6) is -0.334. The fourth-order valence-electron chi connectivity index (χ4n) is 3.16. The van der Waals surface area contributed by atoms with Crippen molar-refractivity contribution in [1.82, 2.24) is 9.13 Å². The Morgan fingerprint density at radius 1 is 1.00 bits per heavy atom. The van der Waals surface area contributed by atoms with E-state index in [-0.39, 0.29) is 17.4 Å². The van der Waals surface area contributed by atoms with Gasteiger partial charge in [0, 0.05) is 15.5 Å². The van der Waals surface area contributed by atoms with Crippen molar-refractivity contribution in [2.24, 2.45) is 0 Å². The van der Waals surface area contributed by atoms with Gasteiger partial charge in [-0.25, -0.2) is 9.36 Å². The maximum Gasteiger partial charge on any atom is 0.337 e. The van der Waals surface area contributed by atoms with Crippen LogP contribution in [-0.2, 0) is 6.54 Å². The van der Waals surface area contributed by atoms with Gasteiger partial charge in [-0.05, 0) is 49.4 Å². The molecule has 0 N–H and O–H groups in total. The molecule has 0 atom stereocenters. The van der Waals surface area contributed by atoms with Gasteiger partial charge in [0.2, 0.25) is 0 Å². The molecular formula is C21H13Cl3N2O3S. The number of nitrogens with zero attached hydrogens (tertiary/aromatic N) is 2. The number of rotatable bonds is 4. The maximum atomic E-state index is 13.3. The fraction of sp³-hybridized carbons (Fsp3) is 0.0952. The Morgan fingerprint density at radius 2 is 1.77 bits per heavy atom. The third-order valence-electron chi connectivity index (χ3n) is 4.55. The zero-order valence-electron chi connectivity index (χ0n) is 15.5. The van der Waals surface area contributed by atoms with Crippen molar-refractivity contribution in [2.75, 3.05) is 0 Å². The van der Waals surface area contributed by atoms with Crippen LogP contribution in [0.5, 0.6) is 0 Å². The maximum absolute atomic E-state index is 13.3. The summed E-state index contributed by atoms with van der Waals surface area (Å²) in [5, 5.41) is 1.32. The van der Waals surface area contributed by atoms with Crippen LogP contribution in [-0.4, -0.2) is 14.9 Å². The van der Waals surface area contributed by atoms with Crippen LogP contribution in [0.15, 0.2) is 58.1 Å². The average molecular weight is 480 g/mol. The molecule has 0 unspecified atom stereocenters. The van der Waals surface area contributed by atoms with E-state index in [9.17, 15) is 14.4 Å². The van der Waals surface area contributed by atoms with E-state index in [1.54, 1.807) is 30.3 Å². The molecule has 0 fully saturated rings. The van der Waals surface area contributed by atoms with Gasteiger partial charge in [0.15, 0.2) is 5.78 Å². The SMILES string of the molecule is Cc1cc2c(=O)n(-c3cccc(Cl)c3)c(=O)n(CC(=O)c3ccc(Cl)c(Cl)c3)c2s1. The average Bonchev–Trinajstić information content (AvgIpc) is 3.09. The minimum absolute atomic E-state index is 0.246. The van der Waals surface area contributed by atoms with Crippen molar-refractivity contribution in [3.05, 3.63) is 94.9 Å². The van der Waals surface area contributed by atoms with Gasteiger partial charge in [-0.3, -0.25) is 14.2 Å². The number of aromatic nitrogens is 2. The minimum atomic E-state index is -0.620. The van der Waals surface area contributed by atoms with Crippen molar-refractivity contribution in [1.29, 1.82) is 0 Å². The lowest BCUT2D eigenvalue weighted by molar-refractivity contribution is 0.0972. The van der Waals surface area contributed by atoms with E-state index in [0.717, 1.165) is 9.44 Å². The Hall–Kier alpha value is -2.38. The van der Waals surface area contributed by atoms with Gasteiger partial charge in [-0.2, -0.15) is 0 Å². The predicted octanol–water partition coefficient (Wildman–Crippen LogP) is 5.37. The molecule has 2 heterocycles. The van der Waals surface area contributed by atoms with Crippen LogP contribution < -0.4 is 11.2 Å². The number of hydrogen-bond donors (Lipinski definition) is 0. The minimum Gasteiger partial charge on any atom is -0.292 e. The third kappa shape index (κ3) is 3.72. The Balaban J connectivity index is 1.93. The molecule has 0 aliphatic rings. The summed E-state index contributed by atoms with van der Waals surface area (Å²) >= 11 is 19.3. The fourth-order valence-corrected chi connectivity index (χ4v) is 4.63. The largest absolute Gasteiger partial charge is 0.337 e. The number of fused-ring (bicyclic) bond motifs is 1. The first kappa shape index (κ1) is 20.9. The number of thiophene rings is 1. The predicted molar refractivity (Wildman–Crippen MR) is 122 cm³/mol. The molecule has 4 aromatic rings. The van der Waals surface area contributed by atoms with Crippen LogP contribution in [0.3, 0.4) is 0 Å². The van der Waals surface area contributed by atoms with E-state index in [1.807, 2.05) is 6.92 Å². The molecule has 4 rings (SSSR count). The summed E-state index contributed by atoms with van der Waals surface area (Å²) in [5.41, 5.74) is -0.429. The van der Waals surface area contributed by atoms with E-state index in [2.05, 4.69) is 0 Å². The highest BCUT2D eigenvalue weighted by molar-refractivity contribution is 7.18. The van der Waals surface area contributed by atoms with Crippen molar-refractivity contribution in [3.63, 3.8) is 0 Å². The Kier molecular flexibility index (Phi) is 5.59. The summed E-state index contributed by atoms with van der Waals surface area (Å²) < 4.78 is 2.34. The van der Waals surface area contributed by atoms with Crippen LogP contribution in [0, 0.1) is 6.92 Å². The molecule has 0 bridgehead atoms. The van der Waals surface area contributed by atoms with Gasteiger partial charge >= 0.3 is 5.69 Å². The monoisotopic (exact) mass is 478 g/mol.